The maximum absolute atomic E-state index is 7.33. The zero-order valence-corrected chi connectivity index (χ0v) is 16.8. The average molecular weight is 434 g/mol. The van der Waals surface area contributed by atoms with Crippen LogP contribution in [0.5, 0.6) is 5.88 Å². The highest BCUT2D eigenvalue weighted by Gasteiger charge is 2.05. The smallest absolute Gasteiger partial charge is 0.233 e. The maximum atomic E-state index is 7.33. The summed E-state index contributed by atoms with van der Waals surface area (Å²) < 4.78 is 7.45. The van der Waals surface area contributed by atoms with E-state index in [4.69, 9.17) is 26.9 Å². The van der Waals surface area contributed by atoms with Gasteiger partial charge in [0.1, 0.15) is 17.2 Å². The lowest BCUT2D eigenvalue weighted by Gasteiger charge is -2.08. The van der Waals surface area contributed by atoms with Crippen LogP contribution in [0.3, 0.4) is 0 Å². The third-order valence-electron chi connectivity index (χ3n) is 3.55. The van der Waals surface area contributed by atoms with Crippen LogP contribution in [0.4, 0.5) is 5.82 Å². The van der Waals surface area contributed by atoms with E-state index in [0.717, 1.165) is 17.8 Å². The Kier molecular flexibility index (Phi) is 9.75. The van der Waals surface area contributed by atoms with Crippen LogP contribution in [0.2, 0.25) is 5.02 Å². The lowest BCUT2D eigenvalue weighted by molar-refractivity contribution is -0.188. The summed E-state index contributed by atoms with van der Waals surface area (Å²) in [5.74, 6) is 1.26. The first-order valence-corrected chi connectivity index (χ1v) is 9.09. The van der Waals surface area contributed by atoms with Gasteiger partial charge in [0.2, 0.25) is 18.1 Å². The summed E-state index contributed by atoms with van der Waals surface area (Å²) in [6.45, 7) is 3.11. The number of anilines is 1. The molecule has 0 bridgehead atoms. The molecule has 2 aromatic heterocycles. The summed E-state index contributed by atoms with van der Waals surface area (Å²) in [5.41, 5.74) is 1.76. The number of halogens is 1. The monoisotopic (exact) mass is 433 g/mol. The summed E-state index contributed by atoms with van der Waals surface area (Å²) >= 11 is 6.13. The molecule has 30 heavy (non-hydrogen) atoms. The summed E-state index contributed by atoms with van der Waals surface area (Å²) in [5, 5.41) is 22.8. The molecule has 0 saturated heterocycles. The van der Waals surface area contributed by atoms with Crippen molar-refractivity contribution in [3.8, 4) is 23.8 Å². The zero-order valence-electron chi connectivity index (χ0n) is 16.0. The lowest BCUT2D eigenvalue weighted by atomic mass is 10.3. The molecule has 11 heteroatoms. The van der Waals surface area contributed by atoms with Gasteiger partial charge >= 0.3 is 0 Å². The van der Waals surface area contributed by atoms with Crippen molar-refractivity contribution in [2.45, 2.75) is 13.3 Å². The van der Waals surface area contributed by atoms with Crippen molar-refractivity contribution in [2.24, 2.45) is 0 Å². The number of hydrogen-bond donors (Lipinski definition) is 3. The van der Waals surface area contributed by atoms with E-state index in [0.29, 0.717) is 29.9 Å². The Morgan fingerprint density at radius 3 is 2.53 bits per heavy atom. The molecular weight excluding hydrogens is 414 g/mol. The minimum atomic E-state index is 0.556. The Balaban J connectivity index is 0.000000469. The van der Waals surface area contributed by atoms with Gasteiger partial charge in [-0.3, -0.25) is 9.78 Å². The highest BCUT2D eigenvalue weighted by molar-refractivity contribution is 6.33. The van der Waals surface area contributed by atoms with Gasteiger partial charge in [0.15, 0.2) is 0 Å². The number of ether oxygens (including phenoxy) is 1. The fourth-order valence-electron chi connectivity index (χ4n) is 2.18. The highest BCUT2D eigenvalue weighted by Crippen LogP contribution is 2.20. The summed E-state index contributed by atoms with van der Waals surface area (Å²) in [6, 6.07) is 11.8. The number of para-hydroxylation sites is 1. The van der Waals surface area contributed by atoms with Gasteiger partial charge in [-0.15, -0.1) is 5.10 Å². The third kappa shape index (κ3) is 7.48. The summed E-state index contributed by atoms with van der Waals surface area (Å²) in [6.07, 6.45) is 7.24. The van der Waals surface area contributed by atoms with Crippen LogP contribution in [0.1, 0.15) is 12.1 Å². The number of aryl methyl sites for hydroxylation is 1. The van der Waals surface area contributed by atoms with Crippen molar-refractivity contribution in [3.05, 3.63) is 59.6 Å². The standard InChI is InChI=1S/C17H18ClN5O.C2H2O4/c1-13-16(18)17(21-12-20-13)19-9-5-11-24-15-8-10-23(22-15)14-6-3-2-4-7-14;3-5-1-2-6-4/h2-4,6-8,10,12H,5,9,11H2,1H3,(H,19,20,21);3-4H. The van der Waals surface area contributed by atoms with Gasteiger partial charge in [-0.1, -0.05) is 29.8 Å². The summed E-state index contributed by atoms with van der Waals surface area (Å²) in [4.78, 5) is 14.4. The Hall–Kier alpha value is -3.52. The van der Waals surface area contributed by atoms with Crippen LogP contribution in [0, 0.1) is 19.1 Å². The van der Waals surface area contributed by atoms with E-state index in [9.17, 15) is 0 Å². The second-order valence-corrected chi connectivity index (χ2v) is 5.95. The molecule has 0 unspecified atom stereocenters. The van der Waals surface area contributed by atoms with Crippen molar-refractivity contribution >= 4 is 17.4 Å². The molecule has 3 rings (SSSR count). The largest absolute Gasteiger partial charge is 0.477 e. The Labute approximate surface area is 177 Å². The van der Waals surface area contributed by atoms with Crippen molar-refractivity contribution in [2.75, 3.05) is 18.5 Å². The number of benzene rings is 1. The fraction of sp³-hybridized carbons (Fsp3) is 0.211. The van der Waals surface area contributed by atoms with Gasteiger partial charge in [0, 0.05) is 18.8 Å². The minimum absolute atomic E-state index is 0.556. The summed E-state index contributed by atoms with van der Waals surface area (Å²) in [7, 11) is 0. The molecule has 2 heterocycles. The highest BCUT2D eigenvalue weighted by atomic mass is 35.5. The second kappa shape index (κ2) is 12.8. The van der Waals surface area contributed by atoms with E-state index in [1.807, 2.05) is 49.5 Å². The van der Waals surface area contributed by atoms with Gasteiger partial charge in [0.05, 0.1) is 18.0 Å². The normalized spacial score (nSPS) is 9.47. The molecule has 3 aromatic rings. The van der Waals surface area contributed by atoms with Crippen molar-refractivity contribution in [1.29, 1.82) is 0 Å². The average Bonchev–Trinajstić information content (AvgIpc) is 3.25. The number of hydrogen-bond acceptors (Lipinski definition) is 9. The Bertz CT molecular complexity index is 951. The molecule has 0 amide bonds. The molecule has 10 nitrogen and oxygen atoms in total. The van der Waals surface area contributed by atoms with E-state index in [1.54, 1.807) is 4.68 Å². The van der Waals surface area contributed by atoms with Gasteiger partial charge < -0.3 is 10.1 Å². The van der Waals surface area contributed by atoms with E-state index < -0.39 is 0 Å². The van der Waals surface area contributed by atoms with Crippen molar-refractivity contribution in [1.82, 2.24) is 19.7 Å². The van der Waals surface area contributed by atoms with Gasteiger partial charge in [-0.05, 0) is 25.5 Å². The number of aromatic nitrogens is 4. The minimum Gasteiger partial charge on any atom is -0.477 e. The van der Waals surface area contributed by atoms with Gasteiger partial charge in [0.25, 0.3) is 0 Å². The molecule has 0 saturated carbocycles. The molecule has 158 valence electrons. The molecule has 0 atom stereocenters. The number of nitrogens with zero attached hydrogens (tertiary/aromatic N) is 4. The fourth-order valence-corrected chi connectivity index (χ4v) is 2.35. The Morgan fingerprint density at radius 1 is 1.10 bits per heavy atom. The predicted octanol–water partition coefficient (Wildman–Crippen LogP) is 3.39. The molecule has 0 radical (unpaired) electrons. The molecule has 3 N–H and O–H groups in total. The zero-order chi connectivity index (χ0) is 21.6. The number of rotatable bonds is 7. The third-order valence-corrected chi connectivity index (χ3v) is 4.00. The topological polar surface area (TPSA) is 124 Å². The Morgan fingerprint density at radius 2 is 1.83 bits per heavy atom. The SMILES string of the molecule is Cc1ncnc(NCCCOc2ccn(-c3ccccc3)n2)c1Cl.OOC#COO. The maximum Gasteiger partial charge on any atom is 0.233 e. The van der Waals surface area contributed by atoms with Crippen molar-refractivity contribution in [3.63, 3.8) is 0 Å². The van der Waals surface area contributed by atoms with Crippen LogP contribution in [0.25, 0.3) is 5.69 Å². The predicted molar refractivity (Wildman–Crippen MR) is 109 cm³/mol. The van der Waals surface area contributed by atoms with Gasteiger partial charge in [-0.2, -0.15) is 10.5 Å². The van der Waals surface area contributed by atoms with E-state index in [-0.39, 0.29) is 0 Å². The first-order valence-electron chi connectivity index (χ1n) is 8.71. The van der Waals surface area contributed by atoms with E-state index in [2.05, 4.69) is 30.2 Å². The van der Waals surface area contributed by atoms with Crippen LogP contribution in [-0.4, -0.2) is 43.4 Å². The van der Waals surface area contributed by atoms with Crippen LogP contribution >= 0.6 is 11.6 Å². The first-order chi connectivity index (χ1) is 14.7. The molecule has 1 aromatic carbocycles. The van der Waals surface area contributed by atoms with Crippen LogP contribution in [0.15, 0.2) is 48.9 Å². The van der Waals surface area contributed by atoms with E-state index in [1.165, 1.54) is 18.5 Å². The van der Waals surface area contributed by atoms with E-state index >= 15 is 0 Å². The van der Waals surface area contributed by atoms with Crippen LogP contribution in [-0.2, 0) is 9.78 Å². The molecule has 0 spiro atoms. The molecule has 0 fully saturated rings. The second-order valence-electron chi connectivity index (χ2n) is 5.57. The number of nitrogens with one attached hydrogen (secondary N) is 1. The van der Waals surface area contributed by atoms with Crippen LogP contribution < -0.4 is 10.1 Å². The van der Waals surface area contributed by atoms with Crippen molar-refractivity contribution < 1.29 is 25.0 Å². The molecular formula is C19H20ClN5O5. The van der Waals surface area contributed by atoms with Gasteiger partial charge in [-0.25, -0.2) is 14.6 Å². The first kappa shape index (κ1) is 22.8. The quantitative estimate of drug-likeness (QED) is 0.222. The molecule has 0 aliphatic rings. The molecule has 0 aliphatic carbocycles. The lowest BCUT2D eigenvalue weighted by Crippen LogP contribution is -2.09. The molecule has 0 aliphatic heterocycles.